The number of nitrogens with zero attached hydrogens (tertiary/aromatic N) is 2. The summed E-state index contributed by atoms with van der Waals surface area (Å²) in [4.78, 5) is 2.50. The Bertz CT molecular complexity index is 301. The Labute approximate surface area is 105 Å². The van der Waals surface area contributed by atoms with Gasteiger partial charge in [-0.25, -0.2) is 0 Å². The van der Waals surface area contributed by atoms with Crippen LogP contribution in [0.2, 0.25) is 0 Å². The molecule has 1 atom stereocenters. The molecule has 1 spiro atoms. The van der Waals surface area contributed by atoms with E-state index in [-0.39, 0.29) is 5.54 Å². The van der Waals surface area contributed by atoms with Crippen LogP contribution in [0.25, 0.3) is 0 Å². The van der Waals surface area contributed by atoms with Crippen LogP contribution in [0.4, 0.5) is 0 Å². The van der Waals surface area contributed by atoms with Crippen LogP contribution >= 0.6 is 0 Å². The molecule has 1 saturated heterocycles. The number of likely N-dealkylation sites (tertiary alicyclic amines) is 1. The zero-order chi connectivity index (χ0) is 12.4. The minimum Gasteiger partial charge on any atom is -0.300 e. The second-order valence-corrected chi connectivity index (χ2v) is 6.14. The van der Waals surface area contributed by atoms with E-state index in [1.807, 2.05) is 6.92 Å². The molecule has 0 radical (unpaired) electrons. The third-order valence-corrected chi connectivity index (χ3v) is 4.54. The highest BCUT2D eigenvalue weighted by molar-refractivity contribution is 5.07. The topological polar surface area (TPSA) is 39.1 Å². The number of nitrogens with one attached hydrogen (secondary N) is 1. The van der Waals surface area contributed by atoms with Crippen LogP contribution in [-0.2, 0) is 0 Å². The van der Waals surface area contributed by atoms with E-state index in [4.69, 9.17) is 0 Å². The van der Waals surface area contributed by atoms with E-state index in [1.54, 1.807) is 0 Å². The fourth-order valence-electron chi connectivity index (χ4n) is 3.66. The molecule has 0 aromatic heterocycles. The molecule has 1 aliphatic carbocycles. The lowest BCUT2D eigenvalue weighted by molar-refractivity contribution is 0.224. The lowest BCUT2D eigenvalue weighted by Gasteiger charge is -2.30. The van der Waals surface area contributed by atoms with Crippen LogP contribution < -0.4 is 5.32 Å². The first-order chi connectivity index (χ1) is 8.11. The Morgan fingerprint density at radius 2 is 2.06 bits per heavy atom. The molecule has 0 aromatic rings. The minimum atomic E-state index is -0.376. The van der Waals surface area contributed by atoms with Crippen molar-refractivity contribution in [3.63, 3.8) is 0 Å². The number of likely N-dealkylation sites (N-methyl/N-ethyl adjacent to an activating group) is 1. The van der Waals surface area contributed by atoms with Crippen molar-refractivity contribution < 1.29 is 0 Å². The molecule has 3 heteroatoms. The van der Waals surface area contributed by atoms with E-state index in [9.17, 15) is 5.26 Å². The quantitative estimate of drug-likeness (QED) is 0.811. The minimum absolute atomic E-state index is 0.376. The third-order valence-electron chi connectivity index (χ3n) is 4.54. The monoisotopic (exact) mass is 235 g/mol. The van der Waals surface area contributed by atoms with Crippen molar-refractivity contribution >= 4 is 0 Å². The highest BCUT2D eigenvalue weighted by atomic mass is 15.2. The first kappa shape index (κ1) is 12.9. The molecule has 1 heterocycles. The molecule has 96 valence electrons. The molecule has 1 N–H and O–H groups in total. The van der Waals surface area contributed by atoms with Crippen molar-refractivity contribution in [2.45, 2.75) is 51.5 Å². The normalized spacial score (nSPS) is 27.1. The molecule has 17 heavy (non-hydrogen) atoms. The number of nitriles is 1. The predicted octanol–water partition coefficient (Wildman–Crippen LogP) is 2.14. The van der Waals surface area contributed by atoms with E-state index in [0.717, 1.165) is 13.1 Å². The molecule has 0 amide bonds. The Hall–Kier alpha value is -0.590. The van der Waals surface area contributed by atoms with Gasteiger partial charge < -0.3 is 0 Å². The first-order valence-corrected chi connectivity index (χ1v) is 7.00. The molecule has 1 saturated carbocycles. The van der Waals surface area contributed by atoms with Gasteiger partial charge in [-0.2, -0.15) is 5.26 Å². The number of hydrogen-bond acceptors (Lipinski definition) is 3. The van der Waals surface area contributed by atoms with Gasteiger partial charge in [0.15, 0.2) is 0 Å². The molecule has 2 fully saturated rings. The summed E-state index contributed by atoms with van der Waals surface area (Å²) in [5.74, 6) is 0. The van der Waals surface area contributed by atoms with Crippen LogP contribution in [0.5, 0.6) is 0 Å². The number of rotatable bonds is 4. The van der Waals surface area contributed by atoms with Crippen molar-refractivity contribution in [1.82, 2.24) is 10.2 Å². The van der Waals surface area contributed by atoms with Gasteiger partial charge in [-0.1, -0.05) is 19.8 Å². The zero-order valence-corrected chi connectivity index (χ0v) is 11.3. The highest BCUT2D eigenvalue weighted by Crippen LogP contribution is 2.45. The molecule has 1 unspecified atom stereocenters. The second-order valence-electron chi connectivity index (χ2n) is 6.14. The molecule has 2 aliphatic rings. The predicted molar refractivity (Wildman–Crippen MR) is 69.7 cm³/mol. The Morgan fingerprint density at radius 3 is 2.65 bits per heavy atom. The van der Waals surface area contributed by atoms with Crippen LogP contribution in [0.15, 0.2) is 0 Å². The second kappa shape index (κ2) is 4.96. The van der Waals surface area contributed by atoms with Gasteiger partial charge in [-0.15, -0.1) is 0 Å². The average Bonchev–Trinajstić information content (AvgIpc) is 2.91. The number of hydrogen-bond donors (Lipinski definition) is 1. The maximum atomic E-state index is 9.29. The van der Waals surface area contributed by atoms with Gasteiger partial charge in [0.1, 0.15) is 5.54 Å². The Morgan fingerprint density at radius 1 is 1.35 bits per heavy atom. The van der Waals surface area contributed by atoms with Crippen molar-refractivity contribution in [1.29, 1.82) is 5.26 Å². The van der Waals surface area contributed by atoms with Crippen molar-refractivity contribution in [3.8, 4) is 6.07 Å². The van der Waals surface area contributed by atoms with Gasteiger partial charge in [-0.3, -0.25) is 10.2 Å². The summed E-state index contributed by atoms with van der Waals surface area (Å²) in [5, 5.41) is 12.6. The Balaban J connectivity index is 1.90. The lowest BCUT2D eigenvalue weighted by atomic mass is 9.86. The summed E-state index contributed by atoms with van der Waals surface area (Å²) in [6, 6.07) is 2.43. The Kier molecular flexibility index (Phi) is 3.75. The molecule has 3 nitrogen and oxygen atoms in total. The maximum absolute atomic E-state index is 9.29. The van der Waals surface area contributed by atoms with E-state index in [2.05, 4.69) is 23.2 Å². The third kappa shape index (κ3) is 2.81. The first-order valence-electron chi connectivity index (χ1n) is 7.00. The van der Waals surface area contributed by atoms with Crippen molar-refractivity contribution in [2.24, 2.45) is 5.41 Å². The molecule has 0 aromatic carbocycles. The average molecular weight is 235 g/mol. The molecular weight excluding hydrogens is 210 g/mol. The summed E-state index contributed by atoms with van der Waals surface area (Å²) in [6.07, 6.45) is 7.00. The fraction of sp³-hybridized carbons (Fsp3) is 0.929. The van der Waals surface area contributed by atoms with Crippen molar-refractivity contribution in [3.05, 3.63) is 0 Å². The maximum Gasteiger partial charge on any atom is 0.116 e. The van der Waals surface area contributed by atoms with Crippen LogP contribution in [0.3, 0.4) is 0 Å². The summed E-state index contributed by atoms with van der Waals surface area (Å²) >= 11 is 0. The van der Waals surface area contributed by atoms with Crippen molar-refractivity contribution in [2.75, 3.05) is 26.2 Å². The lowest BCUT2D eigenvalue weighted by Crippen LogP contribution is -2.50. The standard InChI is InChI=1S/C14H25N3/c1-3-16-13(2,10-15)11-17-9-8-14(12-17)6-4-5-7-14/h16H,3-9,11-12H2,1-2H3. The fourth-order valence-corrected chi connectivity index (χ4v) is 3.66. The van der Waals surface area contributed by atoms with Gasteiger partial charge in [-0.05, 0) is 44.7 Å². The van der Waals surface area contributed by atoms with Gasteiger partial charge in [0.2, 0.25) is 0 Å². The van der Waals surface area contributed by atoms with Crippen LogP contribution in [0.1, 0.15) is 46.0 Å². The largest absolute Gasteiger partial charge is 0.300 e. The summed E-state index contributed by atoms with van der Waals surface area (Å²) in [5.41, 5.74) is 0.238. The molecule has 0 bridgehead atoms. The van der Waals surface area contributed by atoms with E-state index in [1.165, 1.54) is 45.2 Å². The molecule has 2 rings (SSSR count). The van der Waals surface area contributed by atoms with E-state index >= 15 is 0 Å². The van der Waals surface area contributed by atoms with Crippen LogP contribution in [-0.4, -0.2) is 36.6 Å². The van der Waals surface area contributed by atoms with Gasteiger partial charge in [0.05, 0.1) is 6.07 Å². The highest BCUT2D eigenvalue weighted by Gasteiger charge is 2.41. The summed E-state index contributed by atoms with van der Waals surface area (Å²) in [6.45, 7) is 8.23. The van der Waals surface area contributed by atoms with E-state index < -0.39 is 0 Å². The van der Waals surface area contributed by atoms with E-state index in [0.29, 0.717) is 5.41 Å². The summed E-state index contributed by atoms with van der Waals surface area (Å²) in [7, 11) is 0. The van der Waals surface area contributed by atoms with Gasteiger partial charge in [0.25, 0.3) is 0 Å². The molecule has 1 aliphatic heterocycles. The van der Waals surface area contributed by atoms with Crippen LogP contribution in [0, 0.1) is 16.7 Å². The molecular formula is C14H25N3. The SMILES string of the molecule is CCNC(C)(C#N)CN1CCC2(CCCC2)C1. The van der Waals surface area contributed by atoms with Gasteiger partial charge >= 0.3 is 0 Å². The smallest absolute Gasteiger partial charge is 0.116 e. The van der Waals surface area contributed by atoms with Gasteiger partial charge in [0, 0.05) is 13.1 Å². The summed E-state index contributed by atoms with van der Waals surface area (Å²) < 4.78 is 0. The zero-order valence-electron chi connectivity index (χ0n) is 11.3.